The number of hydrogen-bond donors (Lipinski definition) is 0. The molecule has 1 heterocycles. The number of fused-ring (bicyclic) bond motifs is 3. The van der Waals surface area contributed by atoms with Crippen LogP contribution in [0.4, 0.5) is 14.5 Å². The first-order valence-electron chi connectivity index (χ1n) is 12.2. The van der Waals surface area contributed by atoms with Gasteiger partial charge in [-0.25, -0.2) is 0 Å². The quantitative estimate of drug-likeness (QED) is 0.428. The molecule has 0 saturated heterocycles. The van der Waals surface area contributed by atoms with Gasteiger partial charge >= 0.3 is 5.92 Å². The van der Waals surface area contributed by atoms with Gasteiger partial charge < -0.3 is 9.42 Å². The highest BCUT2D eigenvalue weighted by Crippen LogP contribution is 2.73. The predicted molar refractivity (Wildman–Crippen MR) is 127 cm³/mol. The van der Waals surface area contributed by atoms with Crippen molar-refractivity contribution in [1.29, 1.82) is 5.26 Å². The van der Waals surface area contributed by atoms with Gasteiger partial charge in [0.25, 0.3) is 5.89 Å². The standard InChI is InChI=1S/C26H27BrF2N4O2/c1-22(28,29)20-31-19(32-35-20)25-8-5-23(6-9-25,7-10-25)16-33(18-4-2-3-17(27)11-18)21(34)26-12-24(13-26,14-26)15-30/h2-4,11H,5-10,12-14,16H2,1H3. The average Bonchev–Trinajstić information content (AvgIpc) is 3.29. The Hall–Kier alpha value is -2.34. The Morgan fingerprint density at radius 1 is 1.20 bits per heavy atom. The summed E-state index contributed by atoms with van der Waals surface area (Å²) in [7, 11) is 0. The van der Waals surface area contributed by atoms with Gasteiger partial charge in [-0.2, -0.15) is 19.0 Å². The summed E-state index contributed by atoms with van der Waals surface area (Å²) in [6.07, 6.45) is 7.03. The molecule has 0 atom stereocenters. The molecule has 6 nitrogen and oxygen atoms in total. The van der Waals surface area contributed by atoms with Crippen molar-refractivity contribution in [3.05, 3.63) is 40.5 Å². The van der Waals surface area contributed by atoms with Gasteiger partial charge in [-0.05, 0) is 81.4 Å². The molecule has 1 amide bonds. The molecule has 6 aliphatic carbocycles. The van der Waals surface area contributed by atoms with Crippen molar-refractivity contribution in [3.63, 3.8) is 0 Å². The summed E-state index contributed by atoms with van der Waals surface area (Å²) in [4.78, 5) is 19.9. The zero-order chi connectivity index (χ0) is 24.7. The van der Waals surface area contributed by atoms with Crippen LogP contribution in [0.2, 0.25) is 0 Å². The van der Waals surface area contributed by atoms with Crippen LogP contribution in [0.25, 0.3) is 0 Å². The lowest BCUT2D eigenvalue weighted by Crippen LogP contribution is -2.68. The van der Waals surface area contributed by atoms with Crippen LogP contribution in [0.15, 0.2) is 33.3 Å². The van der Waals surface area contributed by atoms with Gasteiger partial charge in [0, 0.05) is 29.0 Å². The molecule has 6 saturated carbocycles. The molecular formula is C26H27BrF2N4O2. The molecule has 1 aromatic carbocycles. The number of halogens is 3. The molecule has 2 aromatic rings. The molecular weight excluding hydrogens is 518 g/mol. The zero-order valence-electron chi connectivity index (χ0n) is 19.6. The largest absolute Gasteiger partial charge is 0.333 e. The van der Waals surface area contributed by atoms with Crippen molar-refractivity contribution < 1.29 is 18.1 Å². The molecule has 9 heteroatoms. The fraction of sp³-hybridized carbons (Fsp3) is 0.615. The molecule has 0 radical (unpaired) electrons. The topological polar surface area (TPSA) is 83.0 Å². The number of amides is 1. The third-order valence-corrected chi connectivity index (χ3v) is 9.75. The Balaban J connectivity index is 1.23. The summed E-state index contributed by atoms with van der Waals surface area (Å²) in [6, 6.07) is 10.3. The number of benzene rings is 1. The van der Waals surface area contributed by atoms with Crippen molar-refractivity contribution in [2.24, 2.45) is 16.2 Å². The molecule has 6 fully saturated rings. The first kappa shape index (κ1) is 23.1. The van der Waals surface area contributed by atoms with Crippen LogP contribution in [0.3, 0.4) is 0 Å². The lowest BCUT2D eigenvalue weighted by Gasteiger charge is -2.66. The summed E-state index contributed by atoms with van der Waals surface area (Å²) in [5.74, 6) is -3.23. The highest BCUT2D eigenvalue weighted by Gasteiger charge is 2.73. The fourth-order valence-corrected chi connectivity index (χ4v) is 7.52. The second-order valence-corrected chi connectivity index (χ2v) is 12.6. The third-order valence-electron chi connectivity index (χ3n) is 9.26. The van der Waals surface area contributed by atoms with E-state index in [1.807, 2.05) is 29.2 Å². The monoisotopic (exact) mass is 544 g/mol. The van der Waals surface area contributed by atoms with Gasteiger partial charge in [-0.1, -0.05) is 27.2 Å². The molecule has 1 aromatic heterocycles. The molecule has 6 aliphatic rings. The van der Waals surface area contributed by atoms with Crippen molar-refractivity contribution in [2.45, 2.75) is 76.0 Å². The van der Waals surface area contributed by atoms with Crippen molar-refractivity contribution in [3.8, 4) is 6.07 Å². The molecule has 4 bridgehead atoms. The Morgan fingerprint density at radius 3 is 2.40 bits per heavy atom. The predicted octanol–water partition coefficient (Wildman–Crippen LogP) is 6.26. The van der Waals surface area contributed by atoms with Gasteiger partial charge in [-0.3, -0.25) is 4.79 Å². The van der Waals surface area contributed by atoms with Gasteiger partial charge in [0.05, 0.1) is 16.9 Å². The number of anilines is 1. The second-order valence-electron chi connectivity index (χ2n) is 11.7. The fourth-order valence-electron chi connectivity index (χ4n) is 7.13. The molecule has 35 heavy (non-hydrogen) atoms. The smallest absolute Gasteiger partial charge is 0.322 e. The van der Waals surface area contributed by atoms with E-state index in [9.17, 15) is 18.8 Å². The highest BCUT2D eigenvalue weighted by molar-refractivity contribution is 9.10. The van der Waals surface area contributed by atoms with E-state index in [0.717, 1.165) is 55.6 Å². The minimum absolute atomic E-state index is 0.0303. The SMILES string of the molecule is CC(F)(F)c1nc(C23CCC(CN(C(=O)C45CC(C#N)(C4)C5)c4cccc(Br)c4)(CC2)CC3)no1. The molecule has 0 spiro atoms. The normalized spacial score (nSPS) is 35.1. The van der Waals surface area contributed by atoms with E-state index in [-0.39, 0.29) is 22.2 Å². The van der Waals surface area contributed by atoms with Crippen LogP contribution in [-0.2, 0) is 16.1 Å². The second kappa shape index (κ2) is 7.34. The Labute approximate surface area is 211 Å². The molecule has 0 N–H and O–H groups in total. The van der Waals surface area contributed by atoms with Crippen molar-refractivity contribution >= 4 is 27.5 Å². The summed E-state index contributed by atoms with van der Waals surface area (Å²) in [5, 5.41) is 13.4. The number of carbonyl (C=O) groups is 1. The van der Waals surface area contributed by atoms with E-state index in [1.165, 1.54) is 0 Å². The maximum atomic E-state index is 13.9. The van der Waals surface area contributed by atoms with Crippen LogP contribution in [0.5, 0.6) is 0 Å². The first-order valence-corrected chi connectivity index (χ1v) is 13.0. The van der Waals surface area contributed by atoms with Crippen molar-refractivity contribution in [1.82, 2.24) is 10.1 Å². The Bertz CT molecular complexity index is 1200. The summed E-state index contributed by atoms with van der Waals surface area (Å²) < 4.78 is 33.2. The summed E-state index contributed by atoms with van der Waals surface area (Å²) in [5.41, 5.74) is -0.159. The van der Waals surface area contributed by atoms with E-state index in [0.29, 0.717) is 31.6 Å². The molecule has 0 aliphatic heterocycles. The van der Waals surface area contributed by atoms with Gasteiger partial charge in [-0.15, -0.1) is 0 Å². The van der Waals surface area contributed by atoms with Gasteiger partial charge in [0.15, 0.2) is 5.82 Å². The van der Waals surface area contributed by atoms with E-state index < -0.39 is 17.2 Å². The number of nitriles is 1. The molecule has 8 rings (SSSR count). The average molecular weight is 545 g/mol. The number of nitrogens with zero attached hydrogens (tertiary/aromatic N) is 4. The molecule has 184 valence electrons. The van der Waals surface area contributed by atoms with E-state index in [4.69, 9.17) is 4.52 Å². The Kier molecular flexibility index (Phi) is 4.84. The minimum Gasteiger partial charge on any atom is -0.333 e. The van der Waals surface area contributed by atoms with E-state index >= 15 is 0 Å². The van der Waals surface area contributed by atoms with Crippen molar-refractivity contribution in [2.75, 3.05) is 11.4 Å². The maximum Gasteiger partial charge on any atom is 0.322 e. The van der Waals surface area contributed by atoms with Crippen LogP contribution >= 0.6 is 15.9 Å². The van der Waals surface area contributed by atoms with Gasteiger partial charge in [0.1, 0.15) is 0 Å². The van der Waals surface area contributed by atoms with Crippen LogP contribution in [-0.4, -0.2) is 22.6 Å². The Morgan fingerprint density at radius 2 is 1.86 bits per heavy atom. The highest BCUT2D eigenvalue weighted by atomic mass is 79.9. The maximum absolute atomic E-state index is 13.9. The lowest BCUT2D eigenvalue weighted by molar-refractivity contribution is -0.182. The van der Waals surface area contributed by atoms with Gasteiger partial charge in [0.2, 0.25) is 5.91 Å². The number of hydrogen-bond acceptors (Lipinski definition) is 5. The lowest BCUT2D eigenvalue weighted by atomic mass is 9.35. The molecule has 0 unspecified atom stereocenters. The summed E-state index contributed by atoms with van der Waals surface area (Å²) in [6.45, 7) is 1.40. The first-order chi connectivity index (χ1) is 16.5. The summed E-state index contributed by atoms with van der Waals surface area (Å²) >= 11 is 3.55. The number of rotatable bonds is 6. The number of alkyl halides is 2. The number of carbonyl (C=O) groups excluding carboxylic acids is 1. The minimum atomic E-state index is -3.15. The van der Waals surface area contributed by atoms with E-state index in [1.54, 1.807) is 0 Å². The third kappa shape index (κ3) is 3.46. The van der Waals surface area contributed by atoms with Crippen LogP contribution < -0.4 is 4.90 Å². The number of aromatic nitrogens is 2. The van der Waals surface area contributed by atoms with Crippen LogP contribution in [0, 0.1) is 27.6 Å². The van der Waals surface area contributed by atoms with Crippen LogP contribution in [0.1, 0.15) is 76.4 Å². The zero-order valence-corrected chi connectivity index (χ0v) is 21.2. The van der Waals surface area contributed by atoms with E-state index in [2.05, 4.69) is 32.1 Å².